The Morgan fingerprint density at radius 1 is 1.56 bits per heavy atom. The molecule has 0 saturated heterocycles. The maximum Gasteiger partial charge on any atom is 0.271 e. The van der Waals surface area contributed by atoms with Gasteiger partial charge in [-0.05, 0) is 6.07 Å². The summed E-state index contributed by atoms with van der Waals surface area (Å²) in [4.78, 5) is 20.6. The van der Waals surface area contributed by atoms with E-state index in [1.54, 1.807) is 0 Å². The van der Waals surface area contributed by atoms with E-state index >= 15 is 0 Å². The Kier molecular flexibility index (Phi) is 4.69. The molecule has 6 nitrogen and oxygen atoms in total. The molecule has 0 bridgehead atoms. The van der Waals surface area contributed by atoms with Gasteiger partial charge in [0.15, 0.2) is 0 Å². The molecule has 0 unspecified atom stereocenters. The number of amides is 1. The summed E-state index contributed by atoms with van der Waals surface area (Å²) in [6, 6.07) is 4.14. The normalized spacial score (nSPS) is 9.17. The van der Waals surface area contributed by atoms with Gasteiger partial charge < -0.3 is 11.1 Å². The predicted octanol–water partition coefficient (Wildman–Crippen LogP) is 1.05. The zero-order chi connectivity index (χ0) is 13.5. The monoisotopic (exact) mass is 247 g/mol. The molecule has 94 valence electrons. The first-order valence-electron chi connectivity index (χ1n) is 5.28. The Morgan fingerprint density at radius 3 is 2.83 bits per heavy atom. The lowest BCUT2D eigenvalue weighted by atomic mass is 10.1. The molecular formula is C12H13N3O3. The van der Waals surface area contributed by atoms with Crippen molar-refractivity contribution < 1.29 is 9.72 Å². The van der Waals surface area contributed by atoms with Crippen LogP contribution in [0.5, 0.6) is 0 Å². The van der Waals surface area contributed by atoms with Crippen LogP contribution >= 0.6 is 0 Å². The van der Waals surface area contributed by atoms with Crippen LogP contribution in [0.3, 0.4) is 0 Å². The van der Waals surface area contributed by atoms with Crippen LogP contribution in [0.15, 0.2) is 18.2 Å². The first-order valence-corrected chi connectivity index (χ1v) is 5.28. The molecule has 6 heteroatoms. The minimum atomic E-state index is -0.510. The molecule has 3 N–H and O–H groups in total. The fraction of sp³-hybridized carbons (Fsp3) is 0.250. The quantitative estimate of drug-likeness (QED) is 0.274. The Bertz CT molecular complexity index is 529. The van der Waals surface area contributed by atoms with Gasteiger partial charge in [0.1, 0.15) is 0 Å². The number of nitro benzene ring substituents is 1. The second-order valence-corrected chi connectivity index (χ2v) is 3.56. The van der Waals surface area contributed by atoms with Crippen molar-refractivity contribution in [1.82, 2.24) is 5.32 Å². The molecule has 0 aliphatic heterocycles. The van der Waals surface area contributed by atoms with Gasteiger partial charge in [-0.15, -0.1) is 0 Å². The van der Waals surface area contributed by atoms with Gasteiger partial charge in [-0.1, -0.05) is 11.8 Å². The van der Waals surface area contributed by atoms with Crippen molar-refractivity contribution in [2.24, 2.45) is 0 Å². The molecule has 1 rings (SSSR count). The Labute approximate surface area is 104 Å². The number of nitrogen functional groups attached to an aromatic ring is 1. The lowest BCUT2D eigenvalue weighted by Crippen LogP contribution is -2.20. The highest BCUT2D eigenvalue weighted by atomic mass is 16.6. The summed E-state index contributed by atoms with van der Waals surface area (Å²) in [5.41, 5.74) is 6.41. The Hall–Kier alpha value is -2.55. The van der Waals surface area contributed by atoms with Gasteiger partial charge in [0.25, 0.3) is 5.69 Å². The number of non-ortho nitro benzene ring substituents is 1. The predicted molar refractivity (Wildman–Crippen MR) is 67.7 cm³/mol. The van der Waals surface area contributed by atoms with Crippen LogP contribution in [0.2, 0.25) is 0 Å². The van der Waals surface area contributed by atoms with Gasteiger partial charge in [0.05, 0.1) is 10.6 Å². The van der Waals surface area contributed by atoms with E-state index < -0.39 is 4.92 Å². The Balaban J connectivity index is 2.65. The first-order chi connectivity index (χ1) is 8.50. The van der Waals surface area contributed by atoms with Crippen molar-refractivity contribution in [3.8, 4) is 11.8 Å². The number of carbonyl (C=O) groups is 1. The smallest absolute Gasteiger partial charge is 0.271 e. The van der Waals surface area contributed by atoms with Crippen molar-refractivity contribution in [3.05, 3.63) is 33.9 Å². The van der Waals surface area contributed by atoms with Crippen molar-refractivity contribution in [3.63, 3.8) is 0 Å². The van der Waals surface area contributed by atoms with Crippen LogP contribution in [0, 0.1) is 22.0 Å². The number of hydrogen-bond acceptors (Lipinski definition) is 4. The van der Waals surface area contributed by atoms with Crippen LogP contribution in [0.4, 0.5) is 11.4 Å². The largest absolute Gasteiger partial charge is 0.398 e. The van der Waals surface area contributed by atoms with Crippen LogP contribution in [0.1, 0.15) is 18.9 Å². The molecule has 1 aromatic carbocycles. The average molecular weight is 247 g/mol. The summed E-state index contributed by atoms with van der Waals surface area (Å²) in [5.74, 6) is 5.53. The van der Waals surface area contributed by atoms with Gasteiger partial charge in [0.2, 0.25) is 5.91 Å². The third kappa shape index (κ3) is 4.14. The van der Waals surface area contributed by atoms with Gasteiger partial charge in [-0.25, -0.2) is 0 Å². The van der Waals surface area contributed by atoms with Gasteiger partial charge >= 0.3 is 0 Å². The zero-order valence-electron chi connectivity index (χ0n) is 9.90. The summed E-state index contributed by atoms with van der Waals surface area (Å²) in [6.07, 6.45) is 0.496. The SMILES string of the molecule is CC(=O)NCCC#Cc1ccc([N+](=O)[O-])cc1N. The third-order valence-electron chi connectivity index (χ3n) is 2.09. The number of nitrogens with one attached hydrogen (secondary N) is 1. The minimum absolute atomic E-state index is 0.0590. The van der Waals surface area contributed by atoms with Crippen molar-refractivity contribution in [1.29, 1.82) is 0 Å². The molecule has 1 aromatic rings. The number of anilines is 1. The highest BCUT2D eigenvalue weighted by molar-refractivity contribution is 5.72. The zero-order valence-corrected chi connectivity index (χ0v) is 9.90. The number of rotatable bonds is 3. The molecule has 0 spiro atoms. The molecule has 0 heterocycles. The summed E-state index contributed by atoms with van der Waals surface area (Å²) < 4.78 is 0. The van der Waals surface area contributed by atoms with E-state index in [-0.39, 0.29) is 17.3 Å². The van der Waals surface area contributed by atoms with E-state index in [1.807, 2.05) is 0 Å². The fourth-order valence-electron chi connectivity index (χ4n) is 1.24. The van der Waals surface area contributed by atoms with Crippen LogP contribution in [0.25, 0.3) is 0 Å². The molecule has 0 aliphatic carbocycles. The lowest BCUT2D eigenvalue weighted by Gasteiger charge is -1.98. The first kappa shape index (κ1) is 13.5. The maximum atomic E-state index is 10.6. The second-order valence-electron chi connectivity index (χ2n) is 3.56. The van der Waals surface area contributed by atoms with Gasteiger partial charge in [-0.3, -0.25) is 14.9 Å². The van der Waals surface area contributed by atoms with E-state index in [9.17, 15) is 14.9 Å². The number of nitro groups is 1. The summed E-state index contributed by atoms with van der Waals surface area (Å²) in [5, 5.41) is 13.1. The van der Waals surface area contributed by atoms with E-state index in [2.05, 4.69) is 17.2 Å². The van der Waals surface area contributed by atoms with E-state index in [0.29, 0.717) is 18.5 Å². The number of hydrogen-bond donors (Lipinski definition) is 2. The van der Waals surface area contributed by atoms with Gasteiger partial charge in [-0.2, -0.15) is 0 Å². The molecule has 0 atom stereocenters. The van der Waals surface area contributed by atoms with Gasteiger partial charge in [0, 0.05) is 37.6 Å². The standard InChI is InChI=1S/C12H13N3O3/c1-9(16)14-7-3-2-4-10-5-6-11(15(17)18)8-12(10)13/h5-6,8H,3,7,13H2,1H3,(H,14,16). The molecule has 0 saturated carbocycles. The third-order valence-corrected chi connectivity index (χ3v) is 2.09. The number of nitrogens with zero attached hydrogens (tertiary/aromatic N) is 1. The topological polar surface area (TPSA) is 98.3 Å². The number of benzene rings is 1. The molecule has 0 aromatic heterocycles. The minimum Gasteiger partial charge on any atom is -0.398 e. The molecule has 0 fully saturated rings. The van der Waals surface area contributed by atoms with E-state index in [0.717, 1.165) is 0 Å². The van der Waals surface area contributed by atoms with Crippen LogP contribution < -0.4 is 11.1 Å². The molecule has 1 amide bonds. The van der Waals surface area contributed by atoms with Crippen LogP contribution in [-0.4, -0.2) is 17.4 Å². The highest BCUT2D eigenvalue weighted by Crippen LogP contribution is 2.18. The maximum absolute atomic E-state index is 10.6. The summed E-state index contributed by atoms with van der Waals surface area (Å²) in [7, 11) is 0. The molecule has 0 aliphatic rings. The second kappa shape index (κ2) is 6.25. The van der Waals surface area contributed by atoms with Crippen molar-refractivity contribution in [2.45, 2.75) is 13.3 Å². The lowest BCUT2D eigenvalue weighted by molar-refractivity contribution is -0.384. The molecular weight excluding hydrogens is 234 g/mol. The number of nitrogens with two attached hydrogens (primary N) is 1. The van der Waals surface area contributed by atoms with Crippen molar-refractivity contribution in [2.75, 3.05) is 12.3 Å². The summed E-state index contributed by atoms with van der Waals surface area (Å²) in [6.45, 7) is 1.90. The average Bonchev–Trinajstić information content (AvgIpc) is 2.29. The summed E-state index contributed by atoms with van der Waals surface area (Å²) >= 11 is 0. The molecule has 0 radical (unpaired) electrons. The fourth-order valence-corrected chi connectivity index (χ4v) is 1.24. The van der Waals surface area contributed by atoms with Crippen LogP contribution in [-0.2, 0) is 4.79 Å². The number of carbonyl (C=O) groups excluding carboxylic acids is 1. The van der Waals surface area contributed by atoms with E-state index in [4.69, 9.17) is 5.73 Å². The Morgan fingerprint density at radius 2 is 2.28 bits per heavy atom. The van der Waals surface area contributed by atoms with E-state index in [1.165, 1.54) is 25.1 Å². The molecule has 18 heavy (non-hydrogen) atoms. The highest BCUT2D eigenvalue weighted by Gasteiger charge is 2.06. The van der Waals surface area contributed by atoms with Crippen molar-refractivity contribution >= 4 is 17.3 Å².